The first kappa shape index (κ1) is 20.2. The quantitative estimate of drug-likeness (QED) is 0.471. The van der Waals surface area contributed by atoms with E-state index in [1.165, 1.54) is 4.68 Å². The molecule has 1 N–H and O–H groups in total. The predicted molar refractivity (Wildman–Crippen MR) is 119 cm³/mol. The third-order valence-corrected chi connectivity index (χ3v) is 4.90. The second-order valence-corrected chi connectivity index (χ2v) is 7.01. The number of ether oxygens (including phenoxy) is 1. The highest BCUT2D eigenvalue weighted by Gasteiger charge is 2.24. The van der Waals surface area contributed by atoms with E-state index in [4.69, 9.17) is 4.74 Å². The fourth-order valence-electron chi connectivity index (χ4n) is 3.38. The van der Waals surface area contributed by atoms with Crippen LogP contribution >= 0.6 is 0 Å². The first-order valence-corrected chi connectivity index (χ1v) is 9.81. The van der Waals surface area contributed by atoms with Gasteiger partial charge in [0.15, 0.2) is 0 Å². The zero-order valence-corrected chi connectivity index (χ0v) is 17.1. The van der Waals surface area contributed by atoms with Gasteiger partial charge in [0.1, 0.15) is 11.4 Å². The molecule has 4 rings (SSSR count). The Morgan fingerprint density at radius 1 is 1.16 bits per heavy atom. The zero-order chi connectivity index (χ0) is 21.8. The Labute approximate surface area is 179 Å². The van der Waals surface area contributed by atoms with Crippen molar-refractivity contribution >= 4 is 5.91 Å². The molecular formula is C24H22N4O3. The molecule has 0 fully saturated rings. The van der Waals surface area contributed by atoms with E-state index < -0.39 is 0 Å². The van der Waals surface area contributed by atoms with E-state index in [1.807, 2.05) is 42.5 Å². The van der Waals surface area contributed by atoms with Crippen LogP contribution in [0, 0.1) is 0 Å². The summed E-state index contributed by atoms with van der Waals surface area (Å²) in [5.74, 6) is 0.402. The Bertz CT molecular complexity index is 1260. The molecule has 31 heavy (non-hydrogen) atoms. The molecule has 0 aromatic heterocycles. The van der Waals surface area contributed by atoms with Gasteiger partial charge in [-0.15, -0.1) is 6.58 Å². The van der Waals surface area contributed by atoms with Gasteiger partial charge >= 0.3 is 0 Å². The monoisotopic (exact) mass is 414 g/mol. The molecular weight excluding hydrogens is 392 g/mol. The van der Waals surface area contributed by atoms with E-state index >= 15 is 0 Å². The summed E-state index contributed by atoms with van der Waals surface area (Å²) in [5.41, 5.74) is 2.33. The number of rotatable bonds is 7. The first-order chi connectivity index (χ1) is 15.1. The lowest BCUT2D eigenvalue weighted by atomic mass is 10.1. The number of hydrogen-bond donors (Lipinski definition) is 1. The minimum absolute atomic E-state index is 0.276. The summed E-state index contributed by atoms with van der Waals surface area (Å²) in [7, 11) is 1.60. The summed E-state index contributed by atoms with van der Waals surface area (Å²) in [5, 5.41) is 7.38. The molecule has 1 amide bonds. The average Bonchev–Trinajstić information content (AvgIpc) is 3.14. The second kappa shape index (κ2) is 8.71. The SMILES string of the molecule is C=CCn1cc(C(=O)NCc2cccc(OC)c2)c2nn(-c3ccccc3)c(=O)c-2c1. The van der Waals surface area contributed by atoms with Crippen molar-refractivity contribution in [1.82, 2.24) is 19.7 Å². The third kappa shape index (κ3) is 4.11. The molecule has 2 aliphatic heterocycles. The molecule has 0 spiro atoms. The van der Waals surface area contributed by atoms with E-state index in [-0.39, 0.29) is 11.5 Å². The lowest BCUT2D eigenvalue weighted by Gasteiger charge is -2.12. The van der Waals surface area contributed by atoms with Gasteiger partial charge in [-0.05, 0) is 29.8 Å². The molecule has 2 aromatic rings. The summed E-state index contributed by atoms with van der Waals surface area (Å²) >= 11 is 0. The number of allylic oxidation sites excluding steroid dienone is 1. The number of methoxy groups -OCH3 is 1. The molecule has 7 heteroatoms. The summed E-state index contributed by atoms with van der Waals surface area (Å²) in [4.78, 5) is 26.1. The van der Waals surface area contributed by atoms with Gasteiger partial charge in [0.2, 0.25) is 0 Å². The lowest BCUT2D eigenvalue weighted by Crippen LogP contribution is -2.25. The van der Waals surface area contributed by atoms with Crippen LogP contribution in [-0.2, 0) is 13.1 Å². The van der Waals surface area contributed by atoms with Crippen molar-refractivity contribution in [2.24, 2.45) is 0 Å². The number of hydrogen-bond acceptors (Lipinski definition) is 4. The van der Waals surface area contributed by atoms with E-state index in [1.54, 1.807) is 42.3 Å². The lowest BCUT2D eigenvalue weighted by molar-refractivity contribution is 0.0950. The van der Waals surface area contributed by atoms with Crippen molar-refractivity contribution in [2.45, 2.75) is 13.1 Å². The third-order valence-electron chi connectivity index (χ3n) is 4.90. The maximum Gasteiger partial charge on any atom is 0.282 e. The van der Waals surface area contributed by atoms with Crippen LogP contribution in [0.25, 0.3) is 16.9 Å². The van der Waals surface area contributed by atoms with Crippen molar-refractivity contribution in [3.63, 3.8) is 0 Å². The Kier molecular flexibility index (Phi) is 5.66. The fourth-order valence-corrected chi connectivity index (χ4v) is 3.38. The van der Waals surface area contributed by atoms with Gasteiger partial charge in [-0.25, -0.2) is 0 Å². The van der Waals surface area contributed by atoms with Crippen molar-refractivity contribution in [3.8, 4) is 22.7 Å². The normalized spacial score (nSPS) is 10.7. The van der Waals surface area contributed by atoms with Gasteiger partial charge in [-0.2, -0.15) is 9.78 Å². The highest BCUT2D eigenvalue weighted by Crippen LogP contribution is 2.22. The number of carbonyl (C=O) groups excluding carboxylic acids is 1. The molecule has 2 aromatic carbocycles. The smallest absolute Gasteiger partial charge is 0.282 e. The minimum Gasteiger partial charge on any atom is -0.497 e. The molecule has 156 valence electrons. The van der Waals surface area contributed by atoms with Gasteiger partial charge < -0.3 is 14.6 Å². The van der Waals surface area contributed by atoms with Crippen LogP contribution in [0.15, 0.2) is 84.4 Å². The molecule has 7 nitrogen and oxygen atoms in total. The Hall–Kier alpha value is -4.13. The number of benzene rings is 2. The molecule has 0 radical (unpaired) electrons. The maximum absolute atomic E-state index is 13.1. The minimum atomic E-state index is -0.316. The number of fused-ring (bicyclic) bond motifs is 1. The van der Waals surface area contributed by atoms with Gasteiger partial charge in [0.25, 0.3) is 11.5 Å². The van der Waals surface area contributed by atoms with Gasteiger partial charge in [-0.3, -0.25) is 9.59 Å². The number of nitrogens with one attached hydrogen (secondary N) is 1. The summed E-state index contributed by atoms with van der Waals surface area (Å²) in [6, 6.07) is 16.6. The predicted octanol–water partition coefficient (Wildman–Crippen LogP) is 3.26. The number of nitrogens with zero attached hydrogens (tertiary/aromatic N) is 3. The second-order valence-electron chi connectivity index (χ2n) is 7.01. The van der Waals surface area contributed by atoms with E-state index in [0.717, 1.165) is 11.3 Å². The van der Waals surface area contributed by atoms with Crippen molar-refractivity contribution < 1.29 is 9.53 Å². The van der Waals surface area contributed by atoms with Crippen molar-refractivity contribution in [3.05, 3.63) is 101 Å². The van der Waals surface area contributed by atoms with Gasteiger partial charge in [-0.1, -0.05) is 36.4 Å². The summed E-state index contributed by atoms with van der Waals surface area (Å²) in [6.07, 6.45) is 5.09. The van der Waals surface area contributed by atoms with E-state index in [2.05, 4.69) is 17.0 Å². The van der Waals surface area contributed by atoms with Crippen LogP contribution in [0.5, 0.6) is 5.75 Å². The summed E-state index contributed by atoms with van der Waals surface area (Å²) < 4.78 is 8.31. The molecule has 0 bridgehead atoms. The molecule has 0 aliphatic carbocycles. The van der Waals surface area contributed by atoms with Crippen molar-refractivity contribution in [2.75, 3.05) is 7.11 Å². The molecule has 2 aliphatic rings. The topological polar surface area (TPSA) is 78.2 Å². The first-order valence-electron chi connectivity index (χ1n) is 9.81. The number of aromatic nitrogens is 3. The number of para-hydroxylation sites is 1. The van der Waals surface area contributed by atoms with Crippen LogP contribution in [-0.4, -0.2) is 27.4 Å². The van der Waals surface area contributed by atoms with Crippen LogP contribution in [0.3, 0.4) is 0 Å². The maximum atomic E-state index is 13.1. The number of pyridine rings is 1. The fraction of sp³-hybridized carbons (Fsp3) is 0.125. The molecule has 0 unspecified atom stereocenters. The van der Waals surface area contributed by atoms with Crippen LogP contribution in [0.2, 0.25) is 0 Å². The molecule has 0 atom stereocenters. The Morgan fingerprint density at radius 3 is 2.71 bits per heavy atom. The number of carbonyl (C=O) groups is 1. The highest BCUT2D eigenvalue weighted by molar-refractivity contribution is 5.99. The van der Waals surface area contributed by atoms with E-state index in [9.17, 15) is 9.59 Å². The largest absolute Gasteiger partial charge is 0.497 e. The standard InChI is InChI=1S/C24H22N4O3/c1-3-12-27-15-20(23(29)25-14-17-8-7-11-19(13-17)31-2)22-21(16-27)24(30)28(26-22)18-9-5-4-6-10-18/h3-11,13,15-16H,1,12,14H2,2H3,(H,25,29). The highest BCUT2D eigenvalue weighted by atomic mass is 16.5. The van der Waals surface area contributed by atoms with Crippen LogP contribution < -0.4 is 15.6 Å². The average molecular weight is 414 g/mol. The van der Waals surface area contributed by atoms with E-state index in [0.29, 0.717) is 35.6 Å². The molecule has 0 saturated heterocycles. The van der Waals surface area contributed by atoms with Gasteiger partial charge in [0, 0.05) is 25.5 Å². The van der Waals surface area contributed by atoms with Crippen LogP contribution in [0.1, 0.15) is 15.9 Å². The van der Waals surface area contributed by atoms with Gasteiger partial charge in [0.05, 0.1) is 23.9 Å². The van der Waals surface area contributed by atoms with Crippen LogP contribution in [0.4, 0.5) is 0 Å². The zero-order valence-electron chi connectivity index (χ0n) is 17.1. The summed E-state index contributed by atoms with van der Waals surface area (Å²) in [6.45, 7) is 4.52. The Balaban J connectivity index is 1.72. The Morgan fingerprint density at radius 2 is 1.97 bits per heavy atom. The molecule has 2 heterocycles. The molecule has 0 saturated carbocycles. The van der Waals surface area contributed by atoms with Crippen molar-refractivity contribution in [1.29, 1.82) is 0 Å². The number of amides is 1.